The Labute approximate surface area is 163 Å². The average molecular weight is 371 g/mol. The Morgan fingerprint density at radius 1 is 1.07 bits per heavy atom. The van der Waals surface area contributed by atoms with Gasteiger partial charge in [-0.2, -0.15) is 0 Å². The molecule has 2 saturated carbocycles. The molecule has 7 atom stereocenters. The van der Waals surface area contributed by atoms with Crippen LogP contribution in [0.1, 0.15) is 46.5 Å². The molecular weight excluding hydrogens is 336 g/mol. The normalized spacial score (nSPS) is 43.9. The van der Waals surface area contributed by atoms with E-state index >= 15 is 0 Å². The predicted molar refractivity (Wildman–Crippen MR) is 107 cm³/mol. The summed E-state index contributed by atoms with van der Waals surface area (Å²) in [5, 5.41) is 0. The number of hydrogen-bond acceptors (Lipinski definition) is 3. The van der Waals surface area contributed by atoms with E-state index in [1.54, 1.807) is 20.3 Å². The number of carbonyl (C=O) groups is 1. The van der Waals surface area contributed by atoms with Crippen molar-refractivity contribution in [3.63, 3.8) is 0 Å². The van der Waals surface area contributed by atoms with Gasteiger partial charge in [0.1, 0.15) is 0 Å². The quantitative estimate of drug-likeness (QED) is 0.658. The van der Waals surface area contributed by atoms with E-state index in [-0.39, 0.29) is 17.5 Å². The molecule has 1 unspecified atom stereocenters. The summed E-state index contributed by atoms with van der Waals surface area (Å²) in [5.41, 5.74) is 1.56. The van der Waals surface area contributed by atoms with Crippen molar-refractivity contribution in [1.29, 1.82) is 0 Å². The van der Waals surface area contributed by atoms with Crippen LogP contribution in [0.5, 0.6) is 0 Å². The minimum absolute atomic E-state index is 0.0138. The van der Waals surface area contributed by atoms with E-state index in [4.69, 9.17) is 9.47 Å². The Morgan fingerprint density at radius 3 is 2.52 bits per heavy atom. The van der Waals surface area contributed by atoms with Crippen LogP contribution in [-0.2, 0) is 14.3 Å². The van der Waals surface area contributed by atoms with Gasteiger partial charge in [0.25, 0.3) is 0 Å². The fourth-order valence-corrected chi connectivity index (χ4v) is 7.27. The lowest BCUT2D eigenvalue weighted by Crippen LogP contribution is -2.49. The molecule has 27 heavy (non-hydrogen) atoms. The van der Waals surface area contributed by atoms with E-state index in [2.05, 4.69) is 39.0 Å². The third kappa shape index (κ3) is 2.73. The highest BCUT2D eigenvalue weighted by Gasteiger charge is 2.58. The molecule has 0 saturated heterocycles. The lowest BCUT2D eigenvalue weighted by Gasteiger charge is -2.55. The molecule has 0 aromatic rings. The minimum atomic E-state index is -0.121. The second-order valence-corrected chi connectivity index (χ2v) is 9.69. The Kier molecular flexibility index (Phi) is 4.75. The molecule has 2 fully saturated rings. The van der Waals surface area contributed by atoms with Gasteiger partial charge in [-0.25, -0.2) is 0 Å². The van der Waals surface area contributed by atoms with Crippen molar-refractivity contribution in [3.8, 4) is 0 Å². The maximum Gasteiger partial charge on any atom is 0.178 e. The van der Waals surface area contributed by atoms with E-state index in [1.807, 2.05) is 6.08 Å². The summed E-state index contributed by atoms with van der Waals surface area (Å²) in [5.74, 6) is 3.08. The van der Waals surface area contributed by atoms with Crippen LogP contribution in [0.4, 0.5) is 0 Å². The number of methoxy groups -OCH3 is 2. The molecule has 3 nitrogen and oxygen atoms in total. The van der Waals surface area contributed by atoms with Gasteiger partial charge in [0.15, 0.2) is 12.1 Å². The predicted octanol–water partition coefficient (Wildman–Crippen LogP) is 4.94. The zero-order chi connectivity index (χ0) is 19.4. The van der Waals surface area contributed by atoms with Gasteiger partial charge in [-0.05, 0) is 72.5 Å². The molecule has 0 spiro atoms. The number of allylic oxidation sites excluding steroid dienone is 6. The number of fused-ring (bicyclic) bond motifs is 5. The molecule has 0 N–H and O–H groups in total. The number of ether oxygens (including phenoxy) is 2. The van der Waals surface area contributed by atoms with E-state index < -0.39 is 0 Å². The first-order valence-corrected chi connectivity index (χ1v) is 10.5. The average Bonchev–Trinajstić information content (AvgIpc) is 3.00. The third-order valence-electron chi connectivity index (χ3n) is 8.72. The highest BCUT2D eigenvalue weighted by atomic mass is 16.7. The largest absolute Gasteiger partial charge is 0.356 e. The summed E-state index contributed by atoms with van der Waals surface area (Å²) in [6.07, 6.45) is 15.4. The van der Waals surface area contributed by atoms with Crippen LogP contribution in [0.25, 0.3) is 0 Å². The molecule has 0 bridgehead atoms. The first kappa shape index (κ1) is 19.1. The summed E-state index contributed by atoms with van der Waals surface area (Å²) >= 11 is 0. The van der Waals surface area contributed by atoms with Gasteiger partial charge in [0.05, 0.1) is 0 Å². The highest BCUT2D eigenvalue weighted by Crippen LogP contribution is 2.65. The van der Waals surface area contributed by atoms with E-state index in [0.717, 1.165) is 0 Å². The Balaban J connectivity index is 1.64. The van der Waals surface area contributed by atoms with E-state index in [9.17, 15) is 4.79 Å². The topological polar surface area (TPSA) is 35.5 Å². The molecule has 0 radical (unpaired) electrons. The van der Waals surface area contributed by atoms with Crippen LogP contribution in [0, 0.1) is 40.4 Å². The van der Waals surface area contributed by atoms with E-state index in [1.165, 1.54) is 31.3 Å². The number of carbonyl (C=O) groups excluding carboxylic acids is 1. The van der Waals surface area contributed by atoms with Crippen LogP contribution in [0.2, 0.25) is 0 Å². The van der Waals surface area contributed by atoms with Gasteiger partial charge in [0.2, 0.25) is 0 Å². The van der Waals surface area contributed by atoms with Gasteiger partial charge < -0.3 is 9.47 Å². The molecule has 0 aromatic heterocycles. The molecule has 3 heteroatoms. The zero-order valence-electron chi connectivity index (χ0n) is 17.4. The zero-order valence-corrected chi connectivity index (χ0v) is 17.4. The van der Waals surface area contributed by atoms with Crippen molar-refractivity contribution in [2.24, 2.45) is 40.4 Å². The molecule has 0 aromatic carbocycles. The second-order valence-electron chi connectivity index (χ2n) is 9.69. The van der Waals surface area contributed by atoms with Gasteiger partial charge in [-0.3, -0.25) is 4.79 Å². The first-order valence-electron chi connectivity index (χ1n) is 10.5. The van der Waals surface area contributed by atoms with Crippen molar-refractivity contribution in [2.45, 2.75) is 52.7 Å². The fourth-order valence-electron chi connectivity index (χ4n) is 7.27. The van der Waals surface area contributed by atoms with Crippen molar-refractivity contribution in [3.05, 3.63) is 36.0 Å². The van der Waals surface area contributed by atoms with Crippen LogP contribution in [-0.4, -0.2) is 26.3 Å². The van der Waals surface area contributed by atoms with Crippen molar-refractivity contribution in [1.82, 2.24) is 0 Å². The third-order valence-corrected chi connectivity index (χ3v) is 8.72. The summed E-state index contributed by atoms with van der Waals surface area (Å²) in [6.45, 7) is 7.16. The highest BCUT2D eigenvalue weighted by molar-refractivity contribution is 6.01. The molecule has 4 aliphatic rings. The van der Waals surface area contributed by atoms with Gasteiger partial charge in [-0.15, -0.1) is 0 Å². The Morgan fingerprint density at radius 2 is 1.81 bits per heavy atom. The monoisotopic (exact) mass is 370 g/mol. The first-order chi connectivity index (χ1) is 12.8. The smallest absolute Gasteiger partial charge is 0.178 e. The Bertz CT molecular complexity index is 700. The Hall–Kier alpha value is -1.19. The number of hydrogen-bond donors (Lipinski definition) is 0. The van der Waals surface area contributed by atoms with Crippen molar-refractivity contribution in [2.75, 3.05) is 14.2 Å². The molecule has 0 amide bonds. The molecule has 0 heterocycles. The van der Waals surface area contributed by atoms with Gasteiger partial charge in [0, 0.05) is 25.6 Å². The maximum atomic E-state index is 11.9. The molecule has 0 aliphatic heterocycles. The summed E-state index contributed by atoms with van der Waals surface area (Å²) in [7, 11) is 3.51. The van der Waals surface area contributed by atoms with E-state index in [0.29, 0.717) is 35.0 Å². The molecular formula is C24H34O3. The van der Waals surface area contributed by atoms with Crippen LogP contribution in [0.3, 0.4) is 0 Å². The lowest BCUT2D eigenvalue weighted by molar-refractivity contribution is -0.159. The standard InChI is InChI=1S/C24H34O3/c1-15(22(26-4)27-5)19-8-9-20-18-7-6-16-14-17(25)10-12-23(16,2)21(18)11-13-24(19,20)3/h6-7,10,12,14-15,18-22H,8-9,11,13H2,1-5H3/t15?,18-,19+,20-,21-,23-,24+/m0/s1. The minimum Gasteiger partial charge on any atom is -0.356 e. The summed E-state index contributed by atoms with van der Waals surface area (Å²) in [6, 6.07) is 0. The second kappa shape index (κ2) is 6.70. The number of rotatable bonds is 4. The van der Waals surface area contributed by atoms with Crippen LogP contribution >= 0.6 is 0 Å². The van der Waals surface area contributed by atoms with Crippen LogP contribution < -0.4 is 0 Å². The SMILES string of the molecule is COC(OC)C(C)[C@H]1CC[C@H]2[C@@H]3C=CC4=CC(=O)C=C[C@]4(C)[C@H]3CC[C@]12C. The maximum absolute atomic E-state index is 11.9. The summed E-state index contributed by atoms with van der Waals surface area (Å²) < 4.78 is 11.2. The van der Waals surface area contributed by atoms with Crippen molar-refractivity contribution < 1.29 is 14.3 Å². The summed E-state index contributed by atoms with van der Waals surface area (Å²) in [4.78, 5) is 11.9. The van der Waals surface area contributed by atoms with Gasteiger partial charge >= 0.3 is 0 Å². The van der Waals surface area contributed by atoms with Gasteiger partial charge in [-0.1, -0.05) is 39.0 Å². The molecule has 148 valence electrons. The van der Waals surface area contributed by atoms with Crippen LogP contribution in [0.15, 0.2) is 36.0 Å². The number of ketones is 1. The lowest BCUT2D eigenvalue weighted by atomic mass is 9.49. The fraction of sp³-hybridized carbons (Fsp3) is 0.708. The molecule has 4 aliphatic carbocycles. The molecule has 4 rings (SSSR count). The van der Waals surface area contributed by atoms with Crippen molar-refractivity contribution >= 4 is 5.78 Å².